The zero-order chi connectivity index (χ0) is 19.1. The van der Waals surface area contributed by atoms with Crippen LogP contribution in [0.5, 0.6) is 0 Å². The van der Waals surface area contributed by atoms with Gasteiger partial charge in [0.1, 0.15) is 12.0 Å². The molecule has 1 aliphatic rings. The molecule has 0 spiro atoms. The Labute approximate surface area is 152 Å². The molecule has 4 rings (SSSR count). The van der Waals surface area contributed by atoms with Crippen molar-refractivity contribution in [1.29, 1.82) is 0 Å². The number of benzene rings is 1. The van der Waals surface area contributed by atoms with Gasteiger partial charge in [-0.2, -0.15) is 0 Å². The van der Waals surface area contributed by atoms with Crippen LogP contribution in [0.2, 0.25) is 0 Å². The van der Waals surface area contributed by atoms with Crippen molar-refractivity contribution in [3.63, 3.8) is 0 Å². The number of aromatic nitrogens is 3. The lowest BCUT2D eigenvalue weighted by atomic mass is 10.1. The Bertz CT molecular complexity index is 972. The Hall–Kier alpha value is -2.68. The van der Waals surface area contributed by atoms with Gasteiger partial charge in [0.25, 0.3) is 0 Å². The third-order valence-corrected chi connectivity index (χ3v) is 4.73. The van der Waals surface area contributed by atoms with Crippen molar-refractivity contribution in [1.82, 2.24) is 14.5 Å². The maximum atomic E-state index is 13.8. The van der Waals surface area contributed by atoms with Crippen LogP contribution < -0.4 is 10.6 Å². The Morgan fingerprint density at radius 2 is 1.93 bits per heavy atom. The van der Waals surface area contributed by atoms with Gasteiger partial charge in [-0.3, -0.25) is 4.98 Å². The van der Waals surface area contributed by atoms with Crippen LogP contribution in [-0.4, -0.2) is 39.8 Å². The third kappa shape index (κ3) is 3.34. The first-order valence-corrected chi connectivity index (χ1v) is 8.52. The summed E-state index contributed by atoms with van der Waals surface area (Å²) in [6.45, 7) is 0.772. The maximum Gasteiger partial charge on any atom is 0.206 e. The molecule has 0 radical (unpaired) electrons. The van der Waals surface area contributed by atoms with E-state index in [2.05, 4.69) is 9.97 Å². The largest absolute Gasteiger partial charge is 0.340 e. The molecule has 1 unspecified atom stereocenters. The molecule has 1 aliphatic heterocycles. The molecule has 5 nitrogen and oxygen atoms in total. The summed E-state index contributed by atoms with van der Waals surface area (Å²) in [5, 5.41) is 0. The molecule has 1 fully saturated rings. The minimum atomic E-state index is -1.10. The number of hydrogen-bond acceptors (Lipinski definition) is 4. The van der Waals surface area contributed by atoms with E-state index in [4.69, 9.17) is 5.73 Å². The molecule has 142 valence electrons. The predicted molar refractivity (Wildman–Crippen MR) is 92.6 cm³/mol. The van der Waals surface area contributed by atoms with Gasteiger partial charge in [0.2, 0.25) is 5.95 Å². The predicted octanol–water partition coefficient (Wildman–Crippen LogP) is 2.77. The highest BCUT2D eigenvalue weighted by molar-refractivity contribution is 5.79. The summed E-state index contributed by atoms with van der Waals surface area (Å²) in [6, 6.07) is 4.18. The number of imidazole rings is 1. The first-order valence-electron chi connectivity index (χ1n) is 8.52. The monoisotopic (exact) mass is 379 g/mol. The van der Waals surface area contributed by atoms with Crippen LogP contribution in [0.4, 0.5) is 23.5 Å². The van der Waals surface area contributed by atoms with Crippen molar-refractivity contribution in [3.05, 3.63) is 53.6 Å². The second kappa shape index (κ2) is 6.80. The smallest absolute Gasteiger partial charge is 0.206 e. The molecule has 0 amide bonds. The summed E-state index contributed by atoms with van der Waals surface area (Å²) < 4.78 is 56.0. The lowest BCUT2D eigenvalue weighted by molar-refractivity contribution is 0.243. The average molecular weight is 379 g/mol. The van der Waals surface area contributed by atoms with Gasteiger partial charge in [-0.25, -0.2) is 22.5 Å². The lowest BCUT2D eigenvalue weighted by Crippen LogP contribution is -2.50. The number of rotatable bonds is 3. The van der Waals surface area contributed by atoms with E-state index in [-0.39, 0.29) is 25.0 Å². The summed E-state index contributed by atoms with van der Waals surface area (Å²) in [7, 11) is 0. The van der Waals surface area contributed by atoms with Crippen molar-refractivity contribution in [2.75, 3.05) is 18.0 Å². The second-order valence-corrected chi connectivity index (χ2v) is 6.64. The van der Waals surface area contributed by atoms with Crippen molar-refractivity contribution in [3.8, 4) is 0 Å². The van der Waals surface area contributed by atoms with Gasteiger partial charge < -0.3 is 15.2 Å². The van der Waals surface area contributed by atoms with E-state index in [0.717, 1.165) is 18.3 Å². The number of hydrogen-bond donors (Lipinski definition) is 1. The molecular weight excluding hydrogens is 362 g/mol. The van der Waals surface area contributed by atoms with Crippen molar-refractivity contribution in [2.24, 2.45) is 5.73 Å². The Morgan fingerprint density at radius 3 is 2.63 bits per heavy atom. The summed E-state index contributed by atoms with van der Waals surface area (Å²) in [6.07, 6.45) is 0.216. The topological polar surface area (TPSA) is 60.0 Å². The van der Waals surface area contributed by atoms with Crippen LogP contribution in [0.1, 0.15) is 12.1 Å². The SMILES string of the molecule is N[C@@H]1CN(c2nc3cc(F)c(F)cc3n2Cc2ccc(F)cn2)CCC1F. The zero-order valence-corrected chi connectivity index (χ0v) is 14.2. The average Bonchev–Trinajstić information content (AvgIpc) is 2.97. The molecule has 0 saturated carbocycles. The van der Waals surface area contributed by atoms with Gasteiger partial charge in [-0.15, -0.1) is 0 Å². The van der Waals surface area contributed by atoms with E-state index in [1.165, 1.54) is 12.1 Å². The van der Waals surface area contributed by atoms with Crippen LogP contribution in [0.25, 0.3) is 11.0 Å². The highest BCUT2D eigenvalue weighted by Crippen LogP contribution is 2.28. The van der Waals surface area contributed by atoms with Gasteiger partial charge in [0.05, 0.1) is 35.5 Å². The number of nitrogens with two attached hydrogens (primary N) is 1. The summed E-state index contributed by atoms with van der Waals surface area (Å²) in [5.74, 6) is -2.05. The first kappa shape index (κ1) is 17.7. The van der Waals surface area contributed by atoms with Crippen molar-refractivity contribution >= 4 is 17.0 Å². The highest BCUT2D eigenvalue weighted by atomic mass is 19.2. The fourth-order valence-corrected chi connectivity index (χ4v) is 3.30. The molecule has 2 atom stereocenters. The van der Waals surface area contributed by atoms with Crippen LogP contribution in [0.3, 0.4) is 0 Å². The minimum Gasteiger partial charge on any atom is -0.340 e. The number of pyridine rings is 1. The summed E-state index contributed by atoms with van der Waals surface area (Å²) in [4.78, 5) is 10.2. The minimum absolute atomic E-state index is 0.169. The van der Waals surface area contributed by atoms with Gasteiger partial charge in [0, 0.05) is 25.2 Å². The van der Waals surface area contributed by atoms with Gasteiger partial charge in [-0.05, 0) is 18.6 Å². The van der Waals surface area contributed by atoms with Gasteiger partial charge in [-0.1, -0.05) is 0 Å². The van der Waals surface area contributed by atoms with E-state index in [1.54, 1.807) is 9.47 Å². The Morgan fingerprint density at radius 1 is 1.15 bits per heavy atom. The summed E-state index contributed by atoms with van der Waals surface area (Å²) >= 11 is 0. The number of anilines is 1. The molecule has 3 heterocycles. The molecular formula is C18H17F4N5. The van der Waals surface area contributed by atoms with E-state index in [1.807, 2.05) is 0 Å². The van der Waals surface area contributed by atoms with Crippen LogP contribution in [-0.2, 0) is 6.54 Å². The van der Waals surface area contributed by atoms with E-state index < -0.39 is 29.7 Å². The summed E-state index contributed by atoms with van der Waals surface area (Å²) in [5.41, 5.74) is 6.99. The Balaban J connectivity index is 1.80. The first-order chi connectivity index (χ1) is 12.9. The molecule has 27 heavy (non-hydrogen) atoms. The third-order valence-electron chi connectivity index (χ3n) is 4.73. The Kier molecular flexibility index (Phi) is 4.47. The zero-order valence-electron chi connectivity index (χ0n) is 14.2. The molecule has 2 aromatic heterocycles. The normalized spacial score (nSPS) is 20.4. The highest BCUT2D eigenvalue weighted by Gasteiger charge is 2.29. The fourth-order valence-electron chi connectivity index (χ4n) is 3.30. The second-order valence-electron chi connectivity index (χ2n) is 6.64. The number of piperidine rings is 1. The molecule has 0 bridgehead atoms. The quantitative estimate of drug-likeness (QED) is 0.711. The molecule has 3 aromatic rings. The van der Waals surface area contributed by atoms with Crippen molar-refractivity contribution in [2.45, 2.75) is 25.2 Å². The lowest BCUT2D eigenvalue weighted by Gasteiger charge is -2.34. The molecule has 9 heteroatoms. The van der Waals surface area contributed by atoms with Gasteiger partial charge >= 0.3 is 0 Å². The van der Waals surface area contributed by atoms with Crippen LogP contribution >= 0.6 is 0 Å². The van der Waals surface area contributed by atoms with E-state index in [0.29, 0.717) is 23.7 Å². The number of alkyl halides is 1. The van der Waals surface area contributed by atoms with Crippen molar-refractivity contribution < 1.29 is 17.6 Å². The van der Waals surface area contributed by atoms with Gasteiger partial charge in [0.15, 0.2) is 11.6 Å². The van der Waals surface area contributed by atoms with Crippen LogP contribution in [0.15, 0.2) is 30.5 Å². The van der Waals surface area contributed by atoms with Crippen LogP contribution in [0, 0.1) is 17.5 Å². The number of fused-ring (bicyclic) bond motifs is 1. The molecule has 1 saturated heterocycles. The molecule has 2 N–H and O–H groups in total. The number of nitrogens with zero attached hydrogens (tertiary/aromatic N) is 4. The molecule has 1 aromatic carbocycles. The fraction of sp³-hybridized carbons (Fsp3) is 0.333. The standard InChI is InChI=1S/C18H17F4N5/c19-10-1-2-11(24-7-10)8-27-17-6-14(22)13(21)5-16(17)25-18(27)26-4-3-12(20)15(23)9-26/h1-2,5-7,12,15H,3-4,8-9,23H2/t12?,15-/m1/s1. The maximum absolute atomic E-state index is 13.8. The molecule has 0 aliphatic carbocycles. The number of halogens is 4. The van der Waals surface area contributed by atoms with E-state index in [9.17, 15) is 17.6 Å². The van der Waals surface area contributed by atoms with E-state index >= 15 is 0 Å².